The number of benzene rings is 1. The second-order valence-corrected chi connectivity index (χ2v) is 9.86. The molecule has 1 aliphatic carbocycles. The molecule has 1 saturated heterocycles. The first kappa shape index (κ1) is 22.9. The van der Waals surface area contributed by atoms with E-state index in [1.165, 1.54) is 4.90 Å². The first-order valence-corrected chi connectivity index (χ1v) is 12.2. The molecule has 2 heterocycles. The van der Waals surface area contributed by atoms with Crippen LogP contribution in [0.4, 0.5) is 0 Å². The molecular formula is C24H31N3O4S. The lowest BCUT2D eigenvalue weighted by molar-refractivity contribution is -0.143. The molecule has 2 aromatic rings. The number of aliphatic hydroxyl groups is 2. The van der Waals surface area contributed by atoms with E-state index in [1.807, 2.05) is 43.6 Å². The first-order chi connectivity index (χ1) is 15.4. The quantitative estimate of drug-likeness (QED) is 0.593. The van der Waals surface area contributed by atoms with Crippen molar-refractivity contribution in [3.05, 3.63) is 41.0 Å². The molecule has 2 fully saturated rings. The molecule has 1 saturated carbocycles. The number of aryl methyl sites for hydroxylation is 1. The van der Waals surface area contributed by atoms with E-state index in [0.29, 0.717) is 5.92 Å². The molecule has 4 rings (SSSR count). The summed E-state index contributed by atoms with van der Waals surface area (Å²) in [5.74, 6) is -0.163. The van der Waals surface area contributed by atoms with Crippen molar-refractivity contribution in [2.24, 2.45) is 11.8 Å². The molecule has 1 aliphatic heterocycles. The van der Waals surface area contributed by atoms with Crippen LogP contribution < -0.4 is 5.32 Å². The minimum atomic E-state index is -0.715. The van der Waals surface area contributed by atoms with Crippen LogP contribution >= 0.6 is 11.3 Å². The van der Waals surface area contributed by atoms with Crippen molar-refractivity contribution < 1.29 is 19.8 Å². The number of nitrogens with zero attached hydrogens (tertiary/aromatic N) is 2. The van der Waals surface area contributed by atoms with Gasteiger partial charge in [0.1, 0.15) is 6.04 Å². The SMILES string of the molecule is Cc1ncsc1-c1ccc([C@H](CO)NC(=O)[C@@H]2C[C@@H](O)CN2C(=O)[C@@H](C)C2CCC2)cc1. The van der Waals surface area contributed by atoms with Gasteiger partial charge in [-0.3, -0.25) is 9.59 Å². The number of aliphatic hydroxyl groups excluding tert-OH is 2. The normalized spacial score (nSPS) is 22.9. The number of aromatic nitrogens is 1. The zero-order chi connectivity index (χ0) is 22.8. The number of rotatable bonds is 7. The van der Waals surface area contributed by atoms with Crippen LogP contribution in [0.2, 0.25) is 0 Å². The van der Waals surface area contributed by atoms with Crippen LogP contribution in [0.25, 0.3) is 10.4 Å². The Labute approximate surface area is 192 Å². The Kier molecular flexibility index (Phi) is 6.93. The van der Waals surface area contributed by atoms with Gasteiger partial charge in [-0.25, -0.2) is 4.98 Å². The number of likely N-dealkylation sites (tertiary alicyclic amines) is 1. The molecule has 0 radical (unpaired) electrons. The zero-order valence-corrected chi connectivity index (χ0v) is 19.3. The van der Waals surface area contributed by atoms with Crippen LogP contribution in [0.5, 0.6) is 0 Å². The molecule has 1 aromatic heterocycles. The molecule has 172 valence electrons. The van der Waals surface area contributed by atoms with Crippen LogP contribution in [0.1, 0.15) is 49.9 Å². The Hall–Kier alpha value is -2.29. The minimum absolute atomic E-state index is 0.0590. The number of thiazole rings is 1. The van der Waals surface area contributed by atoms with Gasteiger partial charge in [0.2, 0.25) is 11.8 Å². The topological polar surface area (TPSA) is 103 Å². The standard InChI is InChI=1S/C24H31N3O4S/c1-14(16-4-3-5-16)24(31)27-11-19(29)10-21(27)23(30)26-20(12-28)17-6-8-18(9-7-17)22-15(2)25-13-32-22/h6-9,13-14,16,19-21,28-29H,3-5,10-12H2,1-2H3,(H,26,30)/t14-,19+,20-,21-/m0/s1. The Balaban J connectivity index is 1.44. The number of nitrogens with one attached hydrogen (secondary N) is 1. The van der Waals surface area contributed by atoms with Crippen molar-refractivity contribution in [1.82, 2.24) is 15.2 Å². The lowest BCUT2D eigenvalue weighted by Gasteiger charge is -2.35. The van der Waals surface area contributed by atoms with E-state index in [1.54, 1.807) is 11.3 Å². The molecule has 7 nitrogen and oxygen atoms in total. The molecule has 32 heavy (non-hydrogen) atoms. The highest BCUT2D eigenvalue weighted by molar-refractivity contribution is 7.13. The number of carbonyl (C=O) groups excluding carboxylic acids is 2. The lowest BCUT2D eigenvalue weighted by atomic mass is 9.76. The fraction of sp³-hybridized carbons (Fsp3) is 0.542. The summed E-state index contributed by atoms with van der Waals surface area (Å²) in [7, 11) is 0. The van der Waals surface area contributed by atoms with Crippen LogP contribution in [0.15, 0.2) is 29.8 Å². The van der Waals surface area contributed by atoms with E-state index in [-0.39, 0.29) is 37.3 Å². The highest BCUT2D eigenvalue weighted by Crippen LogP contribution is 2.35. The molecule has 0 unspecified atom stereocenters. The van der Waals surface area contributed by atoms with E-state index in [0.717, 1.165) is 41.0 Å². The average molecular weight is 458 g/mol. The summed E-state index contributed by atoms with van der Waals surface area (Å²) < 4.78 is 0. The van der Waals surface area contributed by atoms with Gasteiger partial charge in [-0.05, 0) is 36.8 Å². The van der Waals surface area contributed by atoms with Crippen molar-refractivity contribution in [1.29, 1.82) is 0 Å². The van der Waals surface area contributed by atoms with E-state index in [9.17, 15) is 19.8 Å². The maximum Gasteiger partial charge on any atom is 0.243 e. The summed E-state index contributed by atoms with van der Waals surface area (Å²) in [6.45, 7) is 3.81. The van der Waals surface area contributed by atoms with Gasteiger partial charge in [0, 0.05) is 18.9 Å². The van der Waals surface area contributed by atoms with Gasteiger partial charge in [-0.2, -0.15) is 0 Å². The summed E-state index contributed by atoms with van der Waals surface area (Å²) in [4.78, 5) is 33.0. The highest BCUT2D eigenvalue weighted by Gasteiger charge is 2.42. The molecule has 2 aliphatic rings. The first-order valence-electron chi connectivity index (χ1n) is 11.3. The Morgan fingerprint density at radius 3 is 2.56 bits per heavy atom. The number of hydrogen-bond acceptors (Lipinski definition) is 6. The Morgan fingerprint density at radius 2 is 2.00 bits per heavy atom. The molecule has 8 heteroatoms. The summed E-state index contributed by atoms with van der Waals surface area (Å²) in [6, 6.07) is 6.40. The second-order valence-electron chi connectivity index (χ2n) is 9.01. The van der Waals surface area contributed by atoms with Crippen molar-refractivity contribution in [3.63, 3.8) is 0 Å². The number of β-amino-alcohol motifs (C(OH)–C–C–N with tert-alkyl or cyclic N) is 1. The average Bonchev–Trinajstić information content (AvgIpc) is 3.35. The summed E-state index contributed by atoms with van der Waals surface area (Å²) >= 11 is 1.57. The number of carbonyl (C=O) groups is 2. The van der Waals surface area contributed by atoms with Gasteiger partial charge in [0.15, 0.2) is 0 Å². The fourth-order valence-corrected chi connectivity index (χ4v) is 5.47. The fourth-order valence-electron chi connectivity index (χ4n) is 4.66. The van der Waals surface area contributed by atoms with Gasteiger partial charge >= 0.3 is 0 Å². The third-order valence-corrected chi connectivity index (χ3v) is 7.91. The summed E-state index contributed by atoms with van der Waals surface area (Å²) in [5.41, 5.74) is 4.60. The lowest BCUT2D eigenvalue weighted by Crippen LogP contribution is -2.49. The monoisotopic (exact) mass is 457 g/mol. The van der Waals surface area contributed by atoms with Gasteiger partial charge in [0.25, 0.3) is 0 Å². The van der Waals surface area contributed by atoms with E-state index in [4.69, 9.17) is 0 Å². The van der Waals surface area contributed by atoms with Crippen molar-refractivity contribution in [3.8, 4) is 10.4 Å². The highest BCUT2D eigenvalue weighted by atomic mass is 32.1. The maximum atomic E-state index is 13.1. The smallest absolute Gasteiger partial charge is 0.243 e. The van der Waals surface area contributed by atoms with Crippen LogP contribution in [-0.4, -0.2) is 57.2 Å². The predicted octanol–water partition coefficient (Wildman–Crippen LogP) is 2.67. The van der Waals surface area contributed by atoms with E-state index < -0.39 is 18.2 Å². The van der Waals surface area contributed by atoms with Gasteiger partial charge in [-0.1, -0.05) is 37.6 Å². The third-order valence-electron chi connectivity index (χ3n) is 6.93. The minimum Gasteiger partial charge on any atom is -0.394 e. The van der Waals surface area contributed by atoms with Crippen LogP contribution in [0, 0.1) is 18.8 Å². The summed E-state index contributed by atoms with van der Waals surface area (Å²) in [5, 5.41) is 23.0. The molecule has 2 amide bonds. The zero-order valence-electron chi connectivity index (χ0n) is 18.5. The maximum absolute atomic E-state index is 13.1. The number of amides is 2. The second kappa shape index (κ2) is 9.68. The van der Waals surface area contributed by atoms with Gasteiger partial charge < -0.3 is 20.4 Å². The summed E-state index contributed by atoms with van der Waals surface area (Å²) in [6.07, 6.45) is 2.75. The molecular weight excluding hydrogens is 426 g/mol. The molecule has 0 bridgehead atoms. The molecule has 1 aromatic carbocycles. The van der Waals surface area contributed by atoms with Crippen molar-refractivity contribution in [2.45, 2.75) is 57.7 Å². The Morgan fingerprint density at radius 1 is 1.28 bits per heavy atom. The van der Waals surface area contributed by atoms with Crippen LogP contribution in [-0.2, 0) is 9.59 Å². The van der Waals surface area contributed by atoms with E-state index in [2.05, 4.69) is 10.3 Å². The molecule has 0 spiro atoms. The molecule has 3 N–H and O–H groups in total. The van der Waals surface area contributed by atoms with Gasteiger partial charge in [-0.15, -0.1) is 11.3 Å². The van der Waals surface area contributed by atoms with Gasteiger partial charge in [0.05, 0.1) is 34.8 Å². The number of hydrogen-bond donors (Lipinski definition) is 3. The Bertz CT molecular complexity index is 956. The van der Waals surface area contributed by atoms with Crippen LogP contribution in [0.3, 0.4) is 0 Å². The van der Waals surface area contributed by atoms with E-state index >= 15 is 0 Å². The molecule has 4 atom stereocenters. The third kappa shape index (κ3) is 4.58. The van der Waals surface area contributed by atoms with Crippen molar-refractivity contribution in [2.75, 3.05) is 13.2 Å². The van der Waals surface area contributed by atoms with Crippen molar-refractivity contribution >= 4 is 23.2 Å². The largest absolute Gasteiger partial charge is 0.394 e. The predicted molar refractivity (Wildman–Crippen MR) is 123 cm³/mol.